The van der Waals surface area contributed by atoms with E-state index in [0.717, 1.165) is 36.1 Å². The van der Waals surface area contributed by atoms with E-state index in [0.29, 0.717) is 28.4 Å². The third kappa shape index (κ3) is 5.40. The van der Waals surface area contributed by atoms with Crippen molar-refractivity contribution in [1.29, 1.82) is 0 Å². The van der Waals surface area contributed by atoms with Crippen LogP contribution in [0.15, 0.2) is 24.3 Å². The molecule has 1 fully saturated rings. The van der Waals surface area contributed by atoms with Crippen molar-refractivity contribution in [2.24, 2.45) is 5.92 Å². The molecule has 4 rings (SSSR count). The number of nitrogens with one attached hydrogen (secondary N) is 2. The first-order valence-corrected chi connectivity index (χ1v) is 12.9. The highest BCUT2D eigenvalue weighted by Crippen LogP contribution is 2.38. The van der Waals surface area contributed by atoms with E-state index in [1.807, 2.05) is 13.8 Å². The molecule has 8 nitrogen and oxygen atoms in total. The number of fused-ring (bicyclic) bond motifs is 1. The van der Waals surface area contributed by atoms with Crippen molar-refractivity contribution >= 4 is 45.7 Å². The number of benzene rings is 1. The van der Waals surface area contributed by atoms with Crippen LogP contribution in [0.2, 0.25) is 0 Å². The normalized spacial score (nSPS) is 17.3. The van der Waals surface area contributed by atoms with E-state index in [1.54, 1.807) is 36.1 Å². The first-order chi connectivity index (χ1) is 16.8. The van der Waals surface area contributed by atoms with Gasteiger partial charge in [-0.1, -0.05) is 0 Å². The lowest BCUT2D eigenvalue weighted by Gasteiger charge is -2.20. The van der Waals surface area contributed by atoms with E-state index < -0.39 is 5.97 Å². The quantitative estimate of drug-likeness (QED) is 0.557. The zero-order valence-electron chi connectivity index (χ0n) is 20.3. The summed E-state index contributed by atoms with van der Waals surface area (Å²) in [6.45, 7) is 6.32. The molecule has 35 heavy (non-hydrogen) atoms. The number of carbonyl (C=O) groups is 4. The summed E-state index contributed by atoms with van der Waals surface area (Å²) in [4.78, 5) is 53.1. The first kappa shape index (κ1) is 24.9. The fourth-order valence-corrected chi connectivity index (χ4v) is 5.88. The molecule has 1 aliphatic heterocycles. The van der Waals surface area contributed by atoms with Crippen LogP contribution in [-0.4, -0.2) is 47.8 Å². The molecule has 1 aromatic heterocycles. The Kier molecular flexibility index (Phi) is 7.54. The van der Waals surface area contributed by atoms with Gasteiger partial charge in [-0.25, -0.2) is 4.79 Å². The average Bonchev–Trinajstić information content (AvgIpc) is 3.40. The third-order valence-electron chi connectivity index (χ3n) is 6.45. The molecule has 2 N–H and O–H groups in total. The van der Waals surface area contributed by atoms with Crippen molar-refractivity contribution in [1.82, 2.24) is 4.90 Å². The van der Waals surface area contributed by atoms with Crippen LogP contribution in [0.4, 0.5) is 10.7 Å². The number of hydrogen-bond donors (Lipinski definition) is 2. The fourth-order valence-electron chi connectivity index (χ4n) is 4.60. The molecule has 0 spiro atoms. The number of esters is 1. The number of aryl methyl sites for hydroxylation is 1. The van der Waals surface area contributed by atoms with E-state index in [4.69, 9.17) is 4.74 Å². The Labute approximate surface area is 209 Å². The number of ether oxygens (including phenoxy) is 1. The molecule has 9 heteroatoms. The van der Waals surface area contributed by atoms with Gasteiger partial charge < -0.3 is 20.3 Å². The zero-order chi connectivity index (χ0) is 25.1. The smallest absolute Gasteiger partial charge is 0.341 e. The lowest BCUT2D eigenvalue weighted by Crippen LogP contribution is -2.33. The van der Waals surface area contributed by atoms with Crippen LogP contribution in [0.1, 0.15) is 71.2 Å². The van der Waals surface area contributed by atoms with E-state index >= 15 is 0 Å². The summed E-state index contributed by atoms with van der Waals surface area (Å²) in [7, 11) is 0. The van der Waals surface area contributed by atoms with E-state index in [2.05, 4.69) is 10.6 Å². The van der Waals surface area contributed by atoms with Crippen molar-refractivity contribution in [2.75, 3.05) is 23.8 Å². The Bertz CT molecular complexity index is 1140. The summed E-state index contributed by atoms with van der Waals surface area (Å²) in [5.41, 5.74) is 2.44. The molecule has 0 bridgehead atoms. The molecule has 1 unspecified atom stereocenters. The van der Waals surface area contributed by atoms with Crippen LogP contribution < -0.4 is 10.6 Å². The average molecular weight is 498 g/mol. The number of hydrogen-bond acceptors (Lipinski definition) is 6. The van der Waals surface area contributed by atoms with Crippen LogP contribution >= 0.6 is 11.3 Å². The first-order valence-electron chi connectivity index (χ1n) is 12.1. The number of likely N-dealkylation sites (tertiary alicyclic amines) is 1. The zero-order valence-corrected chi connectivity index (χ0v) is 21.1. The minimum absolute atomic E-state index is 0.00962. The minimum Gasteiger partial charge on any atom is -0.462 e. The molecule has 2 heterocycles. The molecule has 1 aromatic carbocycles. The van der Waals surface area contributed by atoms with Gasteiger partial charge in [0.1, 0.15) is 5.00 Å². The summed E-state index contributed by atoms with van der Waals surface area (Å²) in [5, 5.41) is 6.27. The maximum atomic E-state index is 13.0. The number of anilines is 2. The Hall–Kier alpha value is -3.20. The predicted molar refractivity (Wildman–Crippen MR) is 135 cm³/mol. The highest BCUT2D eigenvalue weighted by atomic mass is 32.1. The molecule has 0 saturated carbocycles. The molecule has 1 saturated heterocycles. The van der Waals surface area contributed by atoms with Crippen LogP contribution in [0, 0.1) is 5.92 Å². The molecule has 186 valence electrons. The molecular weight excluding hydrogens is 466 g/mol. The number of rotatable bonds is 7. The molecule has 3 amide bonds. The molecule has 1 aliphatic carbocycles. The predicted octanol–water partition coefficient (Wildman–Crippen LogP) is 4.25. The lowest BCUT2D eigenvalue weighted by molar-refractivity contribution is -0.129. The van der Waals surface area contributed by atoms with Gasteiger partial charge in [0.05, 0.1) is 18.1 Å². The van der Waals surface area contributed by atoms with Gasteiger partial charge in [0.15, 0.2) is 0 Å². The summed E-state index contributed by atoms with van der Waals surface area (Å²) in [6, 6.07) is 6.65. The minimum atomic E-state index is -0.401. The van der Waals surface area contributed by atoms with Crippen LogP contribution in [0.5, 0.6) is 0 Å². The summed E-state index contributed by atoms with van der Waals surface area (Å²) >= 11 is 1.45. The Morgan fingerprint density at radius 1 is 1.11 bits per heavy atom. The standard InChI is InChI=1S/C26H31N3O5S/c1-4-34-26(33)22-19-7-5-6-8-20(19)35-25(22)28-23(31)16-9-11-18(12-10-16)27-24(32)17-13-21(30)29(14-17)15(2)3/h9-12,15,17H,4-8,13-14H2,1-3H3,(H,27,32)(H,28,31). The molecule has 1 atom stereocenters. The Balaban J connectivity index is 1.43. The van der Waals surface area contributed by atoms with Gasteiger partial charge in [0.25, 0.3) is 5.91 Å². The van der Waals surface area contributed by atoms with E-state index in [9.17, 15) is 19.2 Å². The van der Waals surface area contributed by atoms with Gasteiger partial charge >= 0.3 is 5.97 Å². The van der Waals surface area contributed by atoms with Crippen molar-refractivity contribution in [3.63, 3.8) is 0 Å². The van der Waals surface area contributed by atoms with E-state index in [-0.39, 0.29) is 42.7 Å². The van der Waals surface area contributed by atoms with E-state index in [1.165, 1.54) is 11.3 Å². The van der Waals surface area contributed by atoms with Gasteiger partial charge in [-0.05, 0) is 76.3 Å². The summed E-state index contributed by atoms with van der Waals surface area (Å²) in [6.07, 6.45) is 4.00. The second kappa shape index (κ2) is 10.6. The van der Waals surface area contributed by atoms with Crippen molar-refractivity contribution in [3.05, 3.63) is 45.8 Å². The maximum Gasteiger partial charge on any atom is 0.341 e. The second-order valence-corrected chi connectivity index (χ2v) is 10.3. The molecule has 2 aromatic rings. The van der Waals surface area contributed by atoms with Gasteiger partial charge in [-0.2, -0.15) is 0 Å². The Morgan fingerprint density at radius 3 is 2.49 bits per heavy atom. The highest BCUT2D eigenvalue weighted by Gasteiger charge is 2.35. The Morgan fingerprint density at radius 2 is 1.83 bits per heavy atom. The largest absolute Gasteiger partial charge is 0.462 e. The third-order valence-corrected chi connectivity index (χ3v) is 7.65. The lowest BCUT2D eigenvalue weighted by atomic mass is 9.95. The molecule has 0 radical (unpaired) electrons. The number of nitrogens with zero attached hydrogens (tertiary/aromatic N) is 1. The van der Waals surface area contributed by atoms with Crippen LogP contribution in [-0.2, 0) is 27.2 Å². The van der Waals surface area contributed by atoms with Gasteiger partial charge in [0.2, 0.25) is 11.8 Å². The molecular formula is C26H31N3O5S. The SMILES string of the molecule is CCOC(=O)c1c(NC(=O)c2ccc(NC(=O)C3CC(=O)N(C(C)C)C3)cc2)sc2c1CCCC2. The van der Waals surface area contributed by atoms with Gasteiger partial charge in [0, 0.05) is 35.1 Å². The number of amides is 3. The monoisotopic (exact) mass is 497 g/mol. The van der Waals surface area contributed by atoms with Crippen LogP contribution in [0.25, 0.3) is 0 Å². The number of thiophene rings is 1. The van der Waals surface area contributed by atoms with Crippen molar-refractivity contribution in [2.45, 2.75) is 58.9 Å². The van der Waals surface area contributed by atoms with Crippen molar-refractivity contribution in [3.8, 4) is 0 Å². The summed E-state index contributed by atoms with van der Waals surface area (Å²) < 4.78 is 5.25. The number of carbonyl (C=O) groups excluding carboxylic acids is 4. The van der Waals surface area contributed by atoms with Crippen LogP contribution in [0.3, 0.4) is 0 Å². The highest BCUT2D eigenvalue weighted by molar-refractivity contribution is 7.17. The second-order valence-electron chi connectivity index (χ2n) is 9.20. The molecule has 2 aliphatic rings. The topological polar surface area (TPSA) is 105 Å². The van der Waals surface area contributed by atoms with Crippen molar-refractivity contribution < 1.29 is 23.9 Å². The van der Waals surface area contributed by atoms with Gasteiger partial charge in [-0.15, -0.1) is 11.3 Å². The summed E-state index contributed by atoms with van der Waals surface area (Å²) in [5.74, 6) is -1.34. The maximum absolute atomic E-state index is 13.0. The van der Waals surface area contributed by atoms with Gasteiger partial charge in [-0.3, -0.25) is 14.4 Å². The fraction of sp³-hybridized carbons (Fsp3) is 0.462.